The van der Waals surface area contributed by atoms with Crippen molar-refractivity contribution in [3.8, 4) is 16.9 Å². The minimum atomic E-state index is 0.564. The van der Waals surface area contributed by atoms with Crippen molar-refractivity contribution in [1.29, 1.82) is 0 Å². The van der Waals surface area contributed by atoms with Gasteiger partial charge in [-0.25, -0.2) is 5.43 Å². The Labute approximate surface area is 172 Å². The number of nitrogens with one attached hydrogen (secondary N) is 2. The molecule has 0 aliphatic rings. The first-order valence-corrected chi connectivity index (χ1v) is 9.77. The van der Waals surface area contributed by atoms with Crippen LogP contribution < -0.4 is 15.6 Å². The standard InChI is InChI=1S/C26H24N2O/c1-3-10-21(11-4-1)20-29-25-16-9-13-22(18-25)26-17-8-7-12-23(26)19-27-28-24-14-5-2-6-15-24/h1-18,27-28H,19-20H2. The monoisotopic (exact) mass is 380 g/mol. The van der Waals surface area contributed by atoms with Crippen molar-refractivity contribution >= 4 is 5.69 Å². The molecule has 2 N–H and O–H groups in total. The summed E-state index contributed by atoms with van der Waals surface area (Å²) in [6.07, 6.45) is 0. The van der Waals surface area contributed by atoms with Gasteiger partial charge in [-0.15, -0.1) is 0 Å². The predicted octanol–water partition coefficient (Wildman–Crippen LogP) is 6.05. The van der Waals surface area contributed by atoms with Crippen LogP contribution in [0.5, 0.6) is 5.75 Å². The van der Waals surface area contributed by atoms with Crippen LogP contribution >= 0.6 is 0 Å². The highest BCUT2D eigenvalue weighted by Crippen LogP contribution is 2.27. The summed E-state index contributed by atoms with van der Waals surface area (Å²) in [7, 11) is 0. The maximum atomic E-state index is 6.01. The van der Waals surface area contributed by atoms with Gasteiger partial charge in [0.15, 0.2) is 0 Å². The smallest absolute Gasteiger partial charge is 0.120 e. The highest BCUT2D eigenvalue weighted by molar-refractivity contribution is 5.68. The minimum absolute atomic E-state index is 0.564. The second kappa shape index (κ2) is 9.58. The Morgan fingerprint density at radius 1 is 0.655 bits per heavy atom. The molecule has 29 heavy (non-hydrogen) atoms. The van der Waals surface area contributed by atoms with Gasteiger partial charge in [0.1, 0.15) is 12.4 Å². The average molecular weight is 380 g/mol. The molecule has 0 unspecified atom stereocenters. The van der Waals surface area contributed by atoms with Crippen molar-refractivity contribution in [3.05, 3.63) is 120 Å². The molecule has 0 fully saturated rings. The molecule has 0 heterocycles. The second-order valence-corrected chi connectivity index (χ2v) is 6.80. The molecule has 0 atom stereocenters. The fourth-order valence-corrected chi connectivity index (χ4v) is 3.21. The van der Waals surface area contributed by atoms with Gasteiger partial charge in [0, 0.05) is 12.2 Å². The quantitative estimate of drug-likeness (QED) is 0.365. The number of hydrogen-bond donors (Lipinski definition) is 2. The molecule has 4 aromatic carbocycles. The third kappa shape index (κ3) is 5.24. The molecule has 0 aromatic heterocycles. The molecule has 0 amide bonds. The third-order valence-electron chi connectivity index (χ3n) is 4.70. The molecule has 0 bridgehead atoms. The number of rotatable bonds is 8. The van der Waals surface area contributed by atoms with Crippen LogP contribution in [0.2, 0.25) is 0 Å². The Hall–Kier alpha value is -3.56. The number of para-hydroxylation sites is 1. The molecule has 3 heteroatoms. The van der Waals surface area contributed by atoms with E-state index in [1.165, 1.54) is 11.1 Å². The molecule has 0 saturated heterocycles. The van der Waals surface area contributed by atoms with Gasteiger partial charge in [-0.05, 0) is 46.5 Å². The first kappa shape index (κ1) is 18.8. The molecule has 0 aliphatic heterocycles. The zero-order valence-corrected chi connectivity index (χ0v) is 16.2. The summed E-state index contributed by atoms with van der Waals surface area (Å²) >= 11 is 0. The first-order chi connectivity index (χ1) is 14.4. The van der Waals surface area contributed by atoms with E-state index >= 15 is 0 Å². The van der Waals surface area contributed by atoms with E-state index in [9.17, 15) is 0 Å². The molecule has 0 aliphatic carbocycles. The number of anilines is 1. The van der Waals surface area contributed by atoms with Crippen LogP contribution in [0.3, 0.4) is 0 Å². The van der Waals surface area contributed by atoms with E-state index in [1.54, 1.807) is 0 Å². The lowest BCUT2D eigenvalue weighted by Gasteiger charge is -2.13. The molecule has 0 spiro atoms. The van der Waals surface area contributed by atoms with Crippen molar-refractivity contribution < 1.29 is 4.74 Å². The average Bonchev–Trinajstić information content (AvgIpc) is 2.80. The first-order valence-electron chi connectivity index (χ1n) is 9.77. The Morgan fingerprint density at radius 2 is 1.38 bits per heavy atom. The highest BCUT2D eigenvalue weighted by Gasteiger charge is 2.06. The summed E-state index contributed by atoms with van der Waals surface area (Å²) in [6, 6.07) is 37.0. The van der Waals surface area contributed by atoms with E-state index < -0.39 is 0 Å². The number of ether oxygens (including phenoxy) is 1. The summed E-state index contributed by atoms with van der Waals surface area (Å²) in [4.78, 5) is 0. The molecule has 4 aromatic rings. The van der Waals surface area contributed by atoms with Gasteiger partial charge < -0.3 is 10.2 Å². The molecule has 0 radical (unpaired) electrons. The Kier molecular flexibility index (Phi) is 6.21. The van der Waals surface area contributed by atoms with Crippen molar-refractivity contribution in [2.24, 2.45) is 0 Å². The normalized spacial score (nSPS) is 10.5. The molecular formula is C26H24N2O. The molecule has 4 rings (SSSR count). The van der Waals surface area contributed by atoms with Crippen molar-refractivity contribution in [2.45, 2.75) is 13.2 Å². The largest absolute Gasteiger partial charge is 0.489 e. The zero-order valence-electron chi connectivity index (χ0n) is 16.2. The number of benzene rings is 4. The van der Waals surface area contributed by atoms with E-state index in [0.29, 0.717) is 13.2 Å². The number of hydrazine groups is 1. The van der Waals surface area contributed by atoms with Crippen LogP contribution in [0.1, 0.15) is 11.1 Å². The maximum Gasteiger partial charge on any atom is 0.120 e. The van der Waals surface area contributed by atoms with E-state index in [1.807, 2.05) is 60.7 Å². The fraction of sp³-hybridized carbons (Fsp3) is 0.0769. The zero-order chi connectivity index (χ0) is 19.7. The summed E-state index contributed by atoms with van der Waals surface area (Å²) in [5.74, 6) is 0.872. The third-order valence-corrected chi connectivity index (χ3v) is 4.70. The predicted molar refractivity (Wildman–Crippen MR) is 120 cm³/mol. The maximum absolute atomic E-state index is 6.01. The molecular weight excluding hydrogens is 356 g/mol. The van der Waals surface area contributed by atoms with Gasteiger partial charge in [-0.1, -0.05) is 84.9 Å². The highest BCUT2D eigenvalue weighted by atomic mass is 16.5. The topological polar surface area (TPSA) is 33.3 Å². The lowest BCUT2D eigenvalue weighted by molar-refractivity contribution is 0.306. The van der Waals surface area contributed by atoms with Crippen molar-refractivity contribution in [3.63, 3.8) is 0 Å². The van der Waals surface area contributed by atoms with Gasteiger partial charge in [-0.3, -0.25) is 0 Å². The Morgan fingerprint density at radius 3 is 2.21 bits per heavy atom. The number of hydrogen-bond acceptors (Lipinski definition) is 3. The van der Waals surface area contributed by atoms with E-state index in [2.05, 4.69) is 59.4 Å². The lowest BCUT2D eigenvalue weighted by Crippen LogP contribution is -2.21. The Balaban J connectivity index is 1.45. The summed E-state index contributed by atoms with van der Waals surface area (Å²) < 4.78 is 6.01. The van der Waals surface area contributed by atoms with Gasteiger partial charge in [0.25, 0.3) is 0 Å². The Bertz CT molecular complexity index is 1030. The van der Waals surface area contributed by atoms with Crippen LogP contribution in [0.4, 0.5) is 5.69 Å². The fourth-order valence-electron chi connectivity index (χ4n) is 3.21. The summed E-state index contributed by atoms with van der Waals surface area (Å²) in [5.41, 5.74) is 12.3. The van der Waals surface area contributed by atoms with Crippen LogP contribution in [-0.4, -0.2) is 0 Å². The summed E-state index contributed by atoms with van der Waals surface area (Å²) in [6.45, 7) is 1.27. The van der Waals surface area contributed by atoms with E-state index in [-0.39, 0.29) is 0 Å². The SMILES string of the molecule is c1ccc(COc2cccc(-c3ccccc3CNNc3ccccc3)c2)cc1. The second-order valence-electron chi connectivity index (χ2n) is 6.80. The van der Waals surface area contributed by atoms with Crippen molar-refractivity contribution in [1.82, 2.24) is 5.43 Å². The van der Waals surface area contributed by atoms with Crippen LogP contribution in [0.15, 0.2) is 109 Å². The molecule has 3 nitrogen and oxygen atoms in total. The van der Waals surface area contributed by atoms with Crippen LogP contribution in [0, 0.1) is 0 Å². The van der Waals surface area contributed by atoms with Crippen LogP contribution in [0.25, 0.3) is 11.1 Å². The van der Waals surface area contributed by atoms with Gasteiger partial charge in [0.2, 0.25) is 0 Å². The lowest BCUT2D eigenvalue weighted by atomic mass is 9.99. The minimum Gasteiger partial charge on any atom is -0.489 e. The molecule has 0 saturated carbocycles. The van der Waals surface area contributed by atoms with Crippen molar-refractivity contribution in [2.75, 3.05) is 5.43 Å². The summed E-state index contributed by atoms with van der Waals surface area (Å²) in [5, 5.41) is 0. The van der Waals surface area contributed by atoms with E-state index in [0.717, 1.165) is 22.6 Å². The van der Waals surface area contributed by atoms with Crippen LogP contribution in [-0.2, 0) is 13.2 Å². The van der Waals surface area contributed by atoms with Gasteiger partial charge in [0.05, 0.1) is 0 Å². The molecule has 144 valence electrons. The van der Waals surface area contributed by atoms with Gasteiger partial charge in [-0.2, -0.15) is 0 Å². The van der Waals surface area contributed by atoms with Gasteiger partial charge >= 0.3 is 0 Å². The van der Waals surface area contributed by atoms with E-state index in [4.69, 9.17) is 4.74 Å².